The molecule has 4 aromatic rings. The lowest BCUT2D eigenvalue weighted by atomic mass is 9.95. The summed E-state index contributed by atoms with van der Waals surface area (Å²) in [4.78, 5) is 29.5. The van der Waals surface area contributed by atoms with Gasteiger partial charge >= 0.3 is 0 Å². The van der Waals surface area contributed by atoms with Gasteiger partial charge in [-0.15, -0.1) is 0 Å². The number of carbonyl (C=O) groups excluding carboxylic acids is 2. The van der Waals surface area contributed by atoms with Crippen molar-refractivity contribution in [3.8, 4) is 0 Å². The molecule has 0 fully saturated rings. The lowest BCUT2D eigenvalue weighted by molar-refractivity contribution is -0.128. The van der Waals surface area contributed by atoms with E-state index in [2.05, 4.69) is 20.9 Å². The van der Waals surface area contributed by atoms with E-state index in [9.17, 15) is 18.4 Å². The lowest BCUT2D eigenvalue weighted by Gasteiger charge is -2.19. The number of fused-ring (bicyclic) bond motifs is 1. The number of nitrogens with zero attached hydrogens (tertiary/aromatic N) is 2. The Bertz CT molecular complexity index is 1620. The minimum absolute atomic E-state index is 0.136. The van der Waals surface area contributed by atoms with Gasteiger partial charge in [0.25, 0.3) is 5.91 Å². The first-order chi connectivity index (χ1) is 19.3. The molecule has 0 bridgehead atoms. The third kappa shape index (κ3) is 7.28. The molecule has 7 nitrogen and oxygen atoms in total. The van der Waals surface area contributed by atoms with Crippen molar-refractivity contribution in [1.82, 2.24) is 14.9 Å². The molecule has 0 atom stereocenters. The maximum Gasteiger partial charge on any atom is 0.258 e. The molecule has 3 N–H and O–H groups in total. The number of aryl methyl sites for hydroxylation is 1. The van der Waals surface area contributed by atoms with Crippen LogP contribution in [0.25, 0.3) is 11.0 Å². The fourth-order valence-electron chi connectivity index (χ4n) is 3.67. The maximum atomic E-state index is 15.0. The molecule has 218 valence electrons. The molecule has 0 unspecified atom stereocenters. The normalized spacial score (nSPS) is 11.1. The molecule has 4 rings (SSSR count). The van der Waals surface area contributed by atoms with Gasteiger partial charge in [0.1, 0.15) is 11.6 Å². The van der Waals surface area contributed by atoms with Gasteiger partial charge in [0, 0.05) is 30.8 Å². The van der Waals surface area contributed by atoms with Crippen LogP contribution in [0.4, 0.5) is 26.1 Å². The van der Waals surface area contributed by atoms with Crippen LogP contribution >= 0.6 is 34.8 Å². The summed E-state index contributed by atoms with van der Waals surface area (Å²) in [6.07, 6.45) is 0. The van der Waals surface area contributed by atoms with Crippen molar-refractivity contribution in [3.05, 3.63) is 80.3 Å². The van der Waals surface area contributed by atoms with Gasteiger partial charge in [0.15, 0.2) is 0 Å². The van der Waals surface area contributed by atoms with Gasteiger partial charge in [-0.3, -0.25) is 9.59 Å². The monoisotopic (exact) mass is 623 g/mol. The summed E-state index contributed by atoms with van der Waals surface area (Å²) >= 11 is 18.8. The molecule has 2 amide bonds. The number of imidazole rings is 1. The smallest absolute Gasteiger partial charge is 0.258 e. The van der Waals surface area contributed by atoms with Gasteiger partial charge < -0.3 is 20.5 Å². The first-order valence-electron chi connectivity index (χ1n) is 12.7. The zero-order valence-corrected chi connectivity index (χ0v) is 25.6. The third-order valence-electron chi connectivity index (χ3n) is 5.92. The average molecular weight is 625 g/mol. The Morgan fingerprint density at radius 2 is 1.63 bits per heavy atom. The Balaban J connectivity index is 0.00000226. The Morgan fingerprint density at radius 3 is 2.27 bits per heavy atom. The van der Waals surface area contributed by atoms with Crippen molar-refractivity contribution < 1.29 is 18.4 Å². The van der Waals surface area contributed by atoms with Crippen LogP contribution in [0.15, 0.2) is 42.5 Å². The molecular weight excluding hydrogens is 595 g/mol. The van der Waals surface area contributed by atoms with Crippen molar-refractivity contribution in [1.29, 1.82) is 0 Å². The van der Waals surface area contributed by atoms with Crippen LogP contribution in [0, 0.1) is 17.0 Å². The summed E-state index contributed by atoms with van der Waals surface area (Å²) in [6.45, 7) is 9.61. The predicted molar refractivity (Wildman–Crippen MR) is 162 cm³/mol. The van der Waals surface area contributed by atoms with Crippen LogP contribution in [0.1, 0.15) is 50.5 Å². The lowest BCUT2D eigenvalue weighted by Crippen LogP contribution is -2.34. The number of aromatic nitrogens is 2. The highest BCUT2D eigenvalue weighted by atomic mass is 35.5. The Hall–Kier alpha value is -3.40. The molecule has 1 aromatic heterocycles. The highest BCUT2D eigenvalue weighted by molar-refractivity contribution is 6.39. The molecular formula is C29H30Cl3F2N5O2. The van der Waals surface area contributed by atoms with E-state index >= 15 is 0 Å². The largest absolute Gasteiger partial charge is 0.352 e. The molecule has 0 spiro atoms. The van der Waals surface area contributed by atoms with E-state index in [-0.39, 0.29) is 39.7 Å². The second kappa shape index (κ2) is 13.1. The van der Waals surface area contributed by atoms with E-state index in [1.807, 2.05) is 13.8 Å². The topological polar surface area (TPSA) is 88.1 Å². The van der Waals surface area contributed by atoms with Crippen molar-refractivity contribution in [2.24, 2.45) is 12.5 Å². The van der Waals surface area contributed by atoms with E-state index in [1.54, 1.807) is 44.5 Å². The minimum atomic E-state index is -0.782. The van der Waals surface area contributed by atoms with Gasteiger partial charge in [0.2, 0.25) is 11.9 Å². The van der Waals surface area contributed by atoms with Crippen LogP contribution in [-0.4, -0.2) is 21.4 Å². The number of halogens is 5. The summed E-state index contributed by atoms with van der Waals surface area (Å²) in [5.74, 6) is -2.03. The Kier molecular flexibility index (Phi) is 10.2. The summed E-state index contributed by atoms with van der Waals surface area (Å²) in [7, 11) is 1.66. The maximum absolute atomic E-state index is 15.0. The third-order valence-corrected chi connectivity index (χ3v) is 6.96. The molecule has 1 heterocycles. The molecule has 0 radical (unpaired) electrons. The first-order valence-corrected chi connectivity index (χ1v) is 13.8. The van der Waals surface area contributed by atoms with Crippen LogP contribution in [0.2, 0.25) is 15.1 Å². The van der Waals surface area contributed by atoms with Crippen LogP contribution in [0.5, 0.6) is 0 Å². The fourth-order valence-corrected chi connectivity index (χ4v) is 4.38. The molecule has 0 aliphatic rings. The molecule has 12 heteroatoms. The van der Waals surface area contributed by atoms with Crippen molar-refractivity contribution in [2.45, 2.75) is 41.2 Å². The number of hydrogen-bond acceptors (Lipinski definition) is 4. The molecule has 0 saturated heterocycles. The zero-order chi connectivity index (χ0) is 30.6. The summed E-state index contributed by atoms with van der Waals surface area (Å²) in [5, 5.41) is 8.84. The Morgan fingerprint density at radius 1 is 0.951 bits per heavy atom. The van der Waals surface area contributed by atoms with Gasteiger partial charge in [-0.2, -0.15) is 0 Å². The molecule has 0 aliphatic carbocycles. The van der Waals surface area contributed by atoms with E-state index in [4.69, 9.17) is 34.8 Å². The fraction of sp³-hybridized carbons (Fsp3) is 0.276. The number of carbonyl (C=O) groups is 2. The van der Waals surface area contributed by atoms with Crippen LogP contribution in [0.3, 0.4) is 0 Å². The quantitative estimate of drug-likeness (QED) is 0.201. The predicted octanol–water partition coefficient (Wildman–Crippen LogP) is 8.50. The first kappa shape index (κ1) is 32.1. The molecule has 0 aliphatic heterocycles. The van der Waals surface area contributed by atoms with E-state index in [1.165, 1.54) is 24.3 Å². The van der Waals surface area contributed by atoms with Gasteiger partial charge in [-0.05, 0) is 35.9 Å². The van der Waals surface area contributed by atoms with E-state index < -0.39 is 23.0 Å². The van der Waals surface area contributed by atoms with Crippen molar-refractivity contribution in [3.63, 3.8) is 0 Å². The molecule has 0 saturated carbocycles. The Labute approximate surface area is 252 Å². The second-order valence-corrected chi connectivity index (χ2v) is 11.0. The number of hydrogen-bond donors (Lipinski definition) is 3. The SMILES string of the molecule is CC.Cn1c(Nc2c(Cl)ccc(CNC(=O)C(C)(C)C)c2Cl)nc2cc(C(=O)Nc3ccc(F)c(Cl)c3)c(F)cc21. The van der Waals surface area contributed by atoms with Crippen LogP contribution < -0.4 is 16.0 Å². The number of rotatable bonds is 6. The van der Waals surface area contributed by atoms with Gasteiger partial charge in [-0.1, -0.05) is 75.5 Å². The van der Waals surface area contributed by atoms with Gasteiger partial charge in [-0.25, -0.2) is 13.8 Å². The molecule has 3 aromatic carbocycles. The van der Waals surface area contributed by atoms with E-state index in [0.29, 0.717) is 27.3 Å². The minimum Gasteiger partial charge on any atom is -0.352 e. The number of benzene rings is 3. The van der Waals surface area contributed by atoms with Crippen molar-refractivity contribution >= 4 is 75.0 Å². The number of nitrogens with one attached hydrogen (secondary N) is 3. The number of anilines is 3. The summed E-state index contributed by atoms with van der Waals surface area (Å²) < 4.78 is 30.0. The van der Waals surface area contributed by atoms with Crippen LogP contribution in [-0.2, 0) is 18.4 Å². The highest BCUT2D eigenvalue weighted by Gasteiger charge is 2.22. The van der Waals surface area contributed by atoms with E-state index in [0.717, 1.165) is 6.07 Å². The molecule has 41 heavy (non-hydrogen) atoms. The number of amides is 2. The summed E-state index contributed by atoms with van der Waals surface area (Å²) in [6, 6.07) is 9.47. The summed E-state index contributed by atoms with van der Waals surface area (Å²) in [5.41, 5.74) is 1.08. The standard InChI is InChI=1S/C27H24Cl3F2N5O2.C2H6/c1-27(2,3)25(39)33-12-13-5-7-16(28)23(22(13)30)36-26-35-20-10-15(19(32)11-21(20)37(26)4)24(38)34-14-6-8-18(31)17(29)9-14;1-2/h5-11H,12H2,1-4H3,(H,33,39)(H,34,38)(H,35,36);1-2H3. The van der Waals surface area contributed by atoms with Crippen molar-refractivity contribution in [2.75, 3.05) is 10.6 Å². The highest BCUT2D eigenvalue weighted by Crippen LogP contribution is 2.36. The van der Waals surface area contributed by atoms with Gasteiger partial charge in [0.05, 0.1) is 37.4 Å². The average Bonchev–Trinajstić information content (AvgIpc) is 3.22. The second-order valence-electron chi connectivity index (χ2n) is 9.85. The zero-order valence-electron chi connectivity index (χ0n) is 23.3.